The molecule has 134 valence electrons. The zero-order chi connectivity index (χ0) is 18.2. The molecule has 0 aliphatic carbocycles. The molecule has 7 heteroatoms. The highest BCUT2D eigenvalue weighted by Crippen LogP contribution is 2.31. The maximum Gasteiger partial charge on any atom is 0.251 e. The molecule has 2 aromatic rings. The van der Waals surface area contributed by atoms with E-state index < -0.39 is 0 Å². The summed E-state index contributed by atoms with van der Waals surface area (Å²) in [5.41, 5.74) is 1.25. The summed E-state index contributed by atoms with van der Waals surface area (Å²) >= 11 is 0. The van der Waals surface area contributed by atoms with Crippen molar-refractivity contribution in [2.75, 3.05) is 46.7 Å². The maximum absolute atomic E-state index is 12.2. The van der Waals surface area contributed by atoms with Gasteiger partial charge in [-0.2, -0.15) is 0 Å². The molecule has 0 saturated carbocycles. The van der Waals surface area contributed by atoms with E-state index >= 15 is 0 Å². The highest BCUT2D eigenvalue weighted by molar-refractivity contribution is 5.95. The van der Waals surface area contributed by atoms with Gasteiger partial charge < -0.3 is 25.0 Å². The topological polar surface area (TPSA) is 75.7 Å². The first-order valence-electron chi connectivity index (χ1n) is 7.91. The zero-order valence-corrected chi connectivity index (χ0v) is 15.0. The van der Waals surface area contributed by atoms with E-state index in [9.17, 15) is 4.79 Å². The molecule has 0 spiro atoms. The van der Waals surface area contributed by atoms with Crippen LogP contribution in [0, 0.1) is 0 Å². The third-order valence-corrected chi connectivity index (χ3v) is 3.54. The van der Waals surface area contributed by atoms with Crippen molar-refractivity contribution in [1.29, 1.82) is 0 Å². The Bertz CT molecular complexity index is 719. The number of hydrogen-bond donors (Lipinski definition) is 2. The summed E-state index contributed by atoms with van der Waals surface area (Å²) in [5.74, 6) is 1.76. The van der Waals surface area contributed by atoms with Crippen LogP contribution in [0.1, 0.15) is 10.4 Å². The van der Waals surface area contributed by atoms with Gasteiger partial charge in [-0.05, 0) is 38.4 Å². The summed E-state index contributed by atoms with van der Waals surface area (Å²) < 4.78 is 10.6. The van der Waals surface area contributed by atoms with Gasteiger partial charge in [0.05, 0.1) is 19.9 Å². The van der Waals surface area contributed by atoms with E-state index in [1.54, 1.807) is 38.6 Å². The minimum Gasteiger partial charge on any atom is -0.497 e. The standard InChI is InChI=1S/C18H24N4O3/c1-22(2)10-9-20-18(23)13-7-8-19-17(11-13)21-15-12-14(24-3)5-6-16(15)25-4/h5-8,11-12H,9-10H2,1-4H3,(H,19,21)(H,20,23). The molecule has 25 heavy (non-hydrogen) atoms. The van der Waals surface area contributed by atoms with Crippen molar-refractivity contribution in [3.8, 4) is 11.5 Å². The summed E-state index contributed by atoms with van der Waals surface area (Å²) in [6, 6.07) is 8.80. The smallest absolute Gasteiger partial charge is 0.251 e. The van der Waals surface area contributed by atoms with Crippen LogP contribution in [-0.4, -0.2) is 57.2 Å². The van der Waals surface area contributed by atoms with Crippen molar-refractivity contribution in [3.63, 3.8) is 0 Å². The largest absolute Gasteiger partial charge is 0.497 e. The van der Waals surface area contributed by atoms with Gasteiger partial charge in [-0.3, -0.25) is 4.79 Å². The number of nitrogens with one attached hydrogen (secondary N) is 2. The van der Waals surface area contributed by atoms with Gasteiger partial charge in [0.2, 0.25) is 0 Å². The SMILES string of the molecule is COc1ccc(OC)c(Nc2cc(C(=O)NCCN(C)C)ccn2)c1. The molecule has 0 radical (unpaired) electrons. The number of anilines is 2. The Morgan fingerprint density at radius 3 is 2.64 bits per heavy atom. The number of ether oxygens (including phenoxy) is 2. The number of pyridine rings is 1. The molecule has 1 amide bonds. The number of hydrogen-bond acceptors (Lipinski definition) is 6. The van der Waals surface area contributed by atoms with Gasteiger partial charge >= 0.3 is 0 Å². The van der Waals surface area contributed by atoms with Crippen molar-refractivity contribution in [2.24, 2.45) is 0 Å². The lowest BCUT2D eigenvalue weighted by Gasteiger charge is -2.13. The minimum atomic E-state index is -0.134. The average Bonchev–Trinajstić information content (AvgIpc) is 2.61. The Kier molecular flexibility index (Phi) is 6.59. The number of aromatic nitrogens is 1. The molecule has 0 fully saturated rings. The molecule has 2 rings (SSSR count). The summed E-state index contributed by atoms with van der Waals surface area (Å²) in [4.78, 5) is 18.5. The lowest BCUT2D eigenvalue weighted by atomic mass is 10.2. The molecule has 1 aromatic heterocycles. The van der Waals surface area contributed by atoms with Crippen LogP contribution in [0.2, 0.25) is 0 Å². The monoisotopic (exact) mass is 344 g/mol. The molecular formula is C18H24N4O3. The van der Waals surface area contributed by atoms with Crippen molar-refractivity contribution in [3.05, 3.63) is 42.1 Å². The fraction of sp³-hybridized carbons (Fsp3) is 0.333. The predicted octanol–water partition coefficient (Wildman–Crippen LogP) is 2.13. The van der Waals surface area contributed by atoms with E-state index in [-0.39, 0.29) is 5.91 Å². The predicted molar refractivity (Wildman–Crippen MR) is 98.0 cm³/mol. The molecule has 1 aromatic carbocycles. The van der Waals surface area contributed by atoms with Crippen LogP contribution in [0.4, 0.5) is 11.5 Å². The van der Waals surface area contributed by atoms with Crippen LogP contribution in [0.3, 0.4) is 0 Å². The van der Waals surface area contributed by atoms with E-state index in [0.29, 0.717) is 35.1 Å². The first kappa shape index (κ1) is 18.5. The number of benzene rings is 1. The van der Waals surface area contributed by atoms with Crippen molar-refractivity contribution in [1.82, 2.24) is 15.2 Å². The van der Waals surface area contributed by atoms with E-state index in [1.807, 2.05) is 31.1 Å². The number of methoxy groups -OCH3 is 2. The lowest BCUT2D eigenvalue weighted by molar-refractivity contribution is 0.0951. The number of likely N-dealkylation sites (N-methyl/N-ethyl adjacent to an activating group) is 1. The van der Waals surface area contributed by atoms with Crippen molar-refractivity contribution >= 4 is 17.4 Å². The Balaban J connectivity index is 2.12. The van der Waals surface area contributed by atoms with Crippen LogP contribution in [0.25, 0.3) is 0 Å². The van der Waals surface area contributed by atoms with Gasteiger partial charge in [-0.25, -0.2) is 4.98 Å². The van der Waals surface area contributed by atoms with Gasteiger partial charge in [0.15, 0.2) is 0 Å². The van der Waals surface area contributed by atoms with Gasteiger partial charge in [0.1, 0.15) is 17.3 Å². The highest BCUT2D eigenvalue weighted by atomic mass is 16.5. The number of carbonyl (C=O) groups is 1. The first-order valence-corrected chi connectivity index (χ1v) is 7.91. The molecular weight excluding hydrogens is 320 g/mol. The van der Waals surface area contributed by atoms with Gasteiger partial charge in [-0.15, -0.1) is 0 Å². The molecule has 0 aliphatic rings. The molecule has 0 saturated heterocycles. The Morgan fingerprint density at radius 2 is 1.96 bits per heavy atom. The van der Waals surface area contributed by atoms with Crippen molar-refractivity contribution < 1.29 is 14.3 Å². The summed E-state index contributed by atoms with van der Waals surface area (Å²) in [7, 11) is 7.11. The lowest BCUT2D eigenvalue weighted by Crippen LogP contribution is -2.31. The van der Waals surface area contributed by atoms with Crippen LogP contribution < -0.4 is 20.1 Å². The Morgan fingerprint density at radius 1 is 1.16 bits per heavy atom. The second-order valence-corrected chi connectivity index (χ2v) is 5.68. The van der Waals surface area contributed by atoms with E-state index in [1.165, 1.54) is 0 Å². The average molecular weight is 344 g/mol. The molecule has 1 heterocycles. The van der Waals surface area contributed by atoms with E-state index in [4.69, 9.17) is 9.47 Å². The number of amides is 1. The van der Waals surface area contributed by atoms with Crippen LogP contribution in [0.15, 0.2) is 36.5 Å². The maximum atomic E-state index is 12.2. The zero-order valence-electron chi connectivity index (χ0n) is 15.0. The number of rotatable bonds is 8. The van der Waals surface area contributed by atoms with Crippen LogP contribution in [-0.2, 0) is 0 Å². The van der Waals surface area contributed by atoms with Gasteiger partial charge in [0.25, 0.3) is 5.91 Å². The van der Waals surface area contributed by atoms with Gasteiger partial charge in [-0.1, -0.05) is 0 Å². The summed E-state index contributed by atoms with van der Waals surface area (Å²) in [5, 5.41) is 6.04. The quantitative estimate of drug-likeness (QED) is 0.764. The minimum absolute atomic E-state index is 0.134. The molecule has 0 unspecified atom stereocenters. The number of carbonyl (C=O) groups excluding carboxylic acids is 1. The molecule has 2 N–H and O–H groups in total. The normalized spacial score (nSPS) is 10.4. The third kappa shape index (κ3) is 5.36. The van der Waals surface area contributed by atoms with Crippen molar-refractivity contribution in [2.45, 2.75) is 0 Å². The van der Waals surface area contributed by atoms with Gasteiger partial charge in [0, 0.05) is 30.9 Å². The molecule has 7 nitrogen and oxygen atoms in total. The Labute approximate surface area is 148 Å². The second kappa shape index (κ2) is 8.89. The highest BCUT2D eigenvalue weighted by Gasteiger charge is 2.09. The first-order chi connectivity index (χ1) is 12.0. The van der Waals surface area contributed by atoms with E-state index in [2.05, 4.69) is 15.6 Å². The van der Waals surface area contributed by atoms with Crippen LogP contribution in [0.5, 0.6) is 11.5 Å². The van der Waals surface area contributed by atoms with E-state index in [0.717, 1.165) is 6.54 Å². The Hall–Kier alpha value is -2.80. The summed E-state index contributed by atoms with van der Waals surface area (Å²) in [6.07, 6.45) is 1.59. The van der Waals surface area contributed by atoms with Crippen LogP contribution >= 0.6 is 0 Å². The molecule has 0 atom stereocenters. The second-order valence-electron chi connectivity index (χ2n) is 5.68. The summed E-state index contributed by atoms with van der Waals surface area (Å²) in [6.45, 7) is 1.36. The molecule has 0 bridgehead atoms. The fourth-order valence-electron chi connectivity index (χ4n) is 2.18. The number of nitrogens with zero attached hydrogens (tertiary/aromatic N) is 2. The molecule has 0 aliphatic heterocycles. The fourth-order valence-corrected chi connectivity index (χ4v) is 2.18. The third-order valence-electron chi connectivity index (χ3n) is 3.54.